The fourth-order valence-electron chi connectivity index (χ4n) is 2.00. The summed E-state index contributed by atoms with van der Waals surface area (Å²) in [5.74, 6) is 0.429. The molecule has 3 aromatic rings. The van der Waals surface area contributed by atoms with Crippen LogP contribution < -0.4 is 5.73 Å². The zero-order valence-corrected chi connectivity index (χ0v) is 9.44. The van der Waals surface area contributed by atoms with Gasteiger partial charge < -0.3 is 10.7 Å². The lowest BCUT2D eigenvalue weighted by Crippen LogP contribution is -1.89. The van der Waals surface area contributed by atoms with Crippen molar-refractivity contribution >= 4 is 16.9 Å². The quantitative estimate of drug-likeness (QED) is 0.667. The van der Waals surface area contributed by atoms with Gasteiger partial charge in [0.1, 0.15) is 0 Å². The number of nitrogens with one attached hydrogen (secondary N) is 1. The Bertz CT molecular complexity index is 685. The third-order valence-electron chi connectivity index (χ3n) is 2.73. The van der Waals surface area contributed by atoms with Crippen LogP contribution in [0.5, 0.6) is 0 Å². The van der Waals surface area contributed by atoms with E-state index in [1.54, 1.807) is 6.20 Å². The van der Waals surface area contributed by atoms with Gasteiger partial charge in [0.25, 0.3) is 0 Å². The van der Waals surface area contributed by atoms with E-state index in [1.165, 1.54) is 0 Å². The van der Waals surface area contributed by atoms with E-state index in [4.69, 9.17) is 5.73 Å². The van der Waals surface area contributed by atoms with E-state index in [1.807, 2.05) is 37.3 Å². The monoisotopic (exact) mass is 224 g/mol. The molecular formula is C13H12N4. The Morgan fingerprint density at radius 1 is 1.24 bits per heavy atom. The number of nitrogens with zero attached hydrogens (tertiary/aromatic N) is 2. The average molecular weight is 224 g/mol. The Labute approximate surface area is 98.5 Å². The Kier molecular flexibility index (Phi) is 2.08. The molecule has 0 bridgehead atoms. The van der Waals surface area contributed by atoms with Gasteiger partial charge in [-0.15, -0.1) is 0 Å². The predicted molar refractivity (Wildman–Crippen MR) is 68.5 cm³/mol. The van der Waals surface area contributed by atoms with E-state index in [-0.39, 0.29) is 0 Å². The first kappa shape index (κ1) is 9.84. The minimum Gasteiger partial charge on any atom is -0.369 e. The molecule has 0 amide bonds. The summed E-state index contributed by atoms with van der Waals surface area (Å²) in [6.07, 6.45) is 1.75. The SMILES string of the molecule is Cc1cc(-c2cnc(N)[nH]2)c2ccccc2n1. The standard InChI is InChI=1S/C13H12N4/c1-8-6-10(12-7-15-13(14)17-12)9-4-2-3-5-11(9)16-8/h2-7H,1H3,(H3,14,15,17). The molecule has 84 valence electrons. The zero-order chi connectivity index (χ0) is 11.8. The van der Waals surface area contributed by atoms with Crippen molar-refractivity contribution in [1.29, 1.82) is 0 Å². The van der Waals surface area contributed by atoms with Crippen molar-refractivity contribution in [3.63, 3.8) is 0 Å². The molecule has 0 saturated carbocycles. The highest BCUT2D eigenvalue weighted by Crippen LogP contribution is 2.27. The van der Waals surface area contributed by atoms with Gasteiger partial charge >= 0.3 is 0 Å². The van der Waals surface area contributed by atoms with Crippen LogP contribution in [0.3, 0.4) is 0 Å². The highest BCUT2D eigenvalue weighted by Gasteiger charge is 2.07. The van der Waals surface area contributed by atoms with Gasteiger partial charge in [0.15, 0.2) is 5.95 Å². The minimum absolute atomic E-state index is 0.429. The lowest BCUT2D eigenvalue weighted by Gasteiger charge is -2.05. The fourth-order valence-corrected chi connectivity index (χ4v) is 2.00. The number of nitrogen functional groups attached to an aromatic ring is 1. The van der Waals surface area contributed by atoms with Gasteiger partial charge in [-0.3, -0.25) is 4.98 Å². The maximum absolute atomic E-state index is 5.62. The molecule has 17 heavy (non-hydrogen) atoms. The van der Waals surface area contributed by atoms with Crippen LogP contribution in [-0.4, -0.2) is 15.0 Å². The lowest BCUT2D eigenvalue weighted by molar-refractivity contribution is 1.25. The summed E-state index contributed by atoms with van der Waals surface area (Å²) in [7, 11) is 0. The molecule has 0 saturated heterocycles. The van der Waals surface area contributed by atoms with Crippen LogP contribution in [0.1, 0.15) is 5.69 Å². The topological polar surface area (TPSA) is 67.6 Å². The van der Waals surface area contributed by atoms with Crippen LogP contribution in [0, 0.1) is 6.92 Å². The summed E-state index contributed by atoms with van der Waals surface area (Å²) in [5.41, 5.74) is 9.58. The van der Waals surface area contributed by atoms with E-state index in [0.29, 0.717) is 5.95 Å². The molecule has 4 heteroatoms. The summed E-state index contributed by atoms with van der Waals surface area (Å²) in [4.78, 5) is 11.6. The number of fused-ring (bicyclic) bond motifs is 1. The highest BCUT2D eigenvalue weighted by atomic mass is 15.0. The first-order chi connectivity index (χ1) is 8.24. The molecule has 0 fully saturated rings. The number of benzene rings is 1. The van der Waals surface area contributed by atoms with Gasteiger partial charge in [0, 0.05) is 16.6 Å². The molecule has 2 heterocycles. The van der Waals surface area contributed by atoms with Crippen LogP contribution in [0.2, 0.25) is 0 Å². The first-order valence-electron chi connectivity index (χ1n) is 5.41. The summed E-state index contributed by atoms with van der Waals surface area (Å²) < 4.78 is 0. The van der Waals surface area contributed by atoms with E-state index in [9.17, 15) is 0 Å². The Morgan fingerprint density at radius 3 is 2.82 bits per heavy atom. The summed E-state index contributed by atoms with van der Waals surface area (Å²) in [6.45, 7) is 1.98. The van der Waals surface area contributed by atoms with Crippen LogP contribution in [0.4, 0.5) is 5.95 Å². The van der Waals surface area contributed by atoms with Crippen molar-refractivity contribution < 1.29 is 0 Å². The number of para-hydroxylation sites is 1. The van der Waals surface area contributed by atoms with Crippen molar-refractivity contribution in [1.82, 2.24) is 15.0 Å². The molecule has 0 aliphatic rings. The maximum atomic E-state index is 5.62. The molecule has 3 N–H and O–H groups in total. The third-order valence-corrected chi connectivity index (χ3v) is 2.73. The van der Waals surface area contributed by atoms with Gasteiger partial charge in [0.2, 0.25) is 0 Å². The number of imidazole rings is 1. The molecule has 0 unspecified atom stereocenters. The molecule has 0 radical (unpaired) electrons. The number of H-pyrrole nitrogens is 1. The highest BCUT2D eigenvalue weighted by molar-refractivity contribution is 5.93. The van der Waals surface area contributed by atoms with Crippen molar-refractivity contribution in [2.45, 2.75) is 6.92 Å². The number of pyridine rings is 1. The van der Waals surface area contributed by atoms with Gasteiger partial charge in [-0.1, -0.05) is 18.2 Å². The number of anilines is 1. The zero-order valence-electron chi connectivity index (χ0n) is 9.44. The molecule has 0 spiro atoms. The number of aromatic amines is 1. The normalized spacial score (nSPS) is 10.9. The van der Waals surface area contributed by atoms with Crippen molar-refractivity contribution in [3.05, 3.63) is 42.2 Å². The molecule has 0 aliphatic carbocycles. The fraction of sp³-hybridized carbons (Fsp3) is 0.0769. The molecule has 3 rings (SSSR count). The Balaban J connectivity index is 2.35. The number of aryl methyl sites for hydroxylation is 1. The van der Waals surface area contributed by atoms with Crippen LogP contribution in [0.15, 0.2) is 36.5 Å². The van der Waals surface area contributed by atoms with Crippen molar-refractivity contribution in [3.8, 4) is 11.3 Å². The van der Waals surface area contributed by atoms with Gasteiger partial charge in [0.05, 0.1) is 17.4 Å². The lowest BCUT2D eigenvalue weighted by atomic mass is 10.1. The predicted octanol–water partition coefficient (Wildman–Crippen LogP) is 2.52. The summed E-state index contributed by atoms with van der Waals surface area (Å²) in [6, 6.07) is 10.1. The van der Waals surface area contributed by atoms with Gasteiger partial charge in [-0.05, 0) is 19.1 Å². The summed E-state index contributed by atoms with van der Waals surface area (Å²) >= 11 is 0. The summed E-state index contributed by atoms with van der Waals surface area (Å²) in [5, 5.41) is 1.10. The number of hydrogen-bond donors (Lipinski definition) is 2. The van der Waals surface area contributed by atoms with Crippen molar-refractivity contribution in [2.75, 3.05) is 5.73 Å². The molecule has 0 aliphatic heterocycles. The van der Waals surface area contributed by atoms with Crippen LogP contribution >= 0.6 is 0 Å². The number of nitrogens with two attached hydrogens (primary N) is 1. The molecule has 2 aromatic heterocycles. The second-order valence-electron chi connectivity index (χ2n) is 4.01. The van der Waals surface area contributed by atoms with Gasteiger partial charge in [-0.25, -0.2) is 4.98 Å². The minimum atomic E-state index is 0.429. The third kappa shape index (κ3) is 1.63. The molecule has 0 atom stereocenters. The van der Waals surface area contributed by atoms with Crippen LogP contribution in [-0.2, 0) is 0 Å². The average Bonchev–Trinajstić information content (AvgIpc) is 2.74. The maximum Gasteiger partial charge on any atom is 0.197 e. The second-order valence-corrected chi connectivity index (χ2v) is 4.01. The Hall–Kier alpha value is -2.36. The largest absolute Gasteiger partial charge is 0.369 e. The molecule has 4 nitrogen and oxygen atoms in total. The number of hydrogen-bond acceptors (Lipinski definition) is 3. The van der Waals surface area contributed by atoms with E-state index < -0.39 is 0 Å². The first-order valence-corrected chi connectivity index (χ1v) is 5.41. The smallest absolute Gasteiger partial charge is 0.197 e. The van der Waals surface area contributed by atoms with Crippen molar-refractivity contribution in [2.24, 2.45) is 0 Å². The van der Waals surface area contributed by atoms with Crippen LogP contribution in [0.25, 0.3) is 22.2 Å². The van der Waals surface area contributed by atoms with E-state index >= 15 is 0 Å². The second kappa shape index (κ2) is 3.59. The number of aromatic nitrogens is 3. The molecule has 1 aromatic carbocycles. The number of rotatable bonds is 1. The van der Waals surface area contributed by atoms with Gasteiger partial charge in [-0.2, -0.15) is 0 Å². The van der Waals surface area contributed by atoms with E-state index in [2.05, 4.69) is 15.0 Å². The molecular weight excluding hydrogens is 212 g/mol. The van der Waals surface area contributed by atoms with E-state index in [0.717, 1.165) is 27.9 Å². The Morgan fingerprint density at radius 2 is 2.06 bits per heavy atom.